The molecule has 2 N–H and O–H groups in total. The highest BCUT2D eigenvalue weighted by Gasteiger charge is 2.25. The van der Waals surface area contributed by atoms with Crippen LogP contribution in [0, 0.1) is 6.92 Å². The maximum atomic E-state index is 12.3. The lowest BCUT2D eigenvalue weighted by atomic mass is 10.2. The van der Waals surface area contributed by atoms with Gasteiger partial charge in [-0.25, -0.2) is 5.10 Å². The Balaban J connectivity index is 1.72. The van der Waals surface area contributed by atoms with Crippen LogP contribution in [0.3, 0.4) is 0 Å². The SMILES string of the molecule is Cc1cc(C(=O)NCC(c2cccs2)N2CCCC2)c(=O)[nH]n1. The van der Waals surface area contributed by atoms with Gasteiger partial charge in [0.1, 0.15) is 5.56 Å². The summed E-state index contributed by atoms with van der Waals surface area (Å²) in [5.74, 6) is -0.350. The fraction of sp³-hybridized carbons (Fsp3) is 0.438. The smallest absolute Gasteiger partial charge is 0.277 e. The van der Waals surface area contributed by atoms with Crippen LogP contribution in [-0.2, 0) is 0 Å². The lowest BCUT2D eigenvalue weighted by Gasteiger charge is -2.26. The molecule has 0 radical (unpaired) electrons. The van der Waals surface area contributed by atoms with Crippen LogP contribution >= 0.6 is 11.3 Å². The minimum Gasteiger partial charge on any atom is -0.350 e. The van der Waals surface area contributed by atoms with E-state index in [0.29, 0.717) is 12.2 Å². The van der Waals surface area contributed by atoms with E-state index in [2.05, 4.69) is 31.9 Å². The molecule has 7 heteroatoms. The van der Waals surface area contributed by atoms with Crippen molar-refractivity contribution in [3.8, 4) is 0 Å². The summed E-state index contributed by atoms with van der Waals surface area (Å²) in [6.07, 6.45) is 2.39. The Kier molecular flexibility index (Phi) is 4.88. The van der Waals surface area contributed by atoms with Gasteiger partial charge in [0.2, 0.25) is 0 Å². The Bertz CT molecular complexity index is 720. The summed E-state index contributed by atoms with van der Waals surface area (Å²) in [4.78, 5) is 27.7. The molecule has 0 saturated carbocycles. The summed E-state index contributed by atoms with van der Waals surface area (Å²) in [7, 11) is 0. The molecule has 1 aliphatic heterocycles. The number of thiophene rings is 1. The van der Waals surface area contributed by atoms with E-state index in [1.165, 1.54) is 23.8 Å². The second-order valence-electron chi connectivity index (χ2n) is 5.74. The van der Waals surface area contributed by atoms with Crippen LogP contribution in [0.4, 0.5) is 0 Å². The number of rotatable bonds is 5. The molecule has 2 aromatic heterocycles. The molecule has 1 amide bonds. The van der Waals surface area contributed by atoms with Crippen LogP contribution in [0.5, 0.6) is 0 Å². The number of hydrogen-bond acceptors (Lipinski definition) is 5. The molecule has 3 heterocycles. The fourth-order valence-electron chi connectivity index (χ4n) is 2.90. The standard InChI is InChI=1S/C16H20N4O2S/c1-11-9-12(16(22)19-18-11)15(21)17-10-13(14-5-4-8-23-14)20-6-2-3-7-20/h4-5,8-9,13H,2-3,6-7,10H2,1H3,(H,17,21)(H,19,22). The molecule has 0 aliphatic carbocycles. The van der Waals surface area contributed by atoms with E-state index < -0.39 is 5.56 Å². The Morgan fingerprint density at radius 1 is 1.48 bits per heavy atom. The van der Waals surface area contributed by atoms with Crippen molar-refractivity contribution in [3.63, 3.8) is 0 Å². The molecule has 2 aromatic rings. The zero-order valence-electron chi connectivity index (χ0n) is 13.0. The van der Waals surface area contributed by atoms with Gasteiger partial charge in [-0.2, -0.15) is 5.10 Å². The average molecular weight is 332 g/mol. The molecule has 1 unspecified atom stereocenters. The largest absolute Gasteiger partial charge is 0.350 e. The summed E-state index contributed by atoms with van der Waals surface area (Å²) in [5, 5.41) is 11.1. The third kappa shape index (κ3) is 3.68. The van der Waals surface area contributed by atoms with E-state index in [0.717, 1.165) is 13.1 Å². The van der Waals surface area contributed by atoms with E-state index in [-0.39, 0.29) is 17.5 Å². The maximum absolute atomic E-state index is 12.3. The van der Waals surface area contributed by atoms with Crippen LogP contribution in [0.25, 0.3) is 0 Å². The minimum atomic E-state index is -0.457. The van der Waals surface area contributed by atoms with Crippen LogP contribution in [0.2, 0.25) is 0 Å². The first kappa shape index (κ1) is 15.9. The zero-order chi connectivity index (χ0) is 16.2. The Morgan fingerprint density at radius 3 is 2.96 bits per heavy atom. The number of carbonyl (C=O) groups excluding carboxylic acids is 1. The van der Waals surface area contributed by atoms with Crippen LogP contribution in [0.1, 0.15) is 39.8 Å². The van der Waals surface area contributed by atoms with Crippen molar-refractivity contribution in [2.75, 3.05) is 19.6 Å². The van der Waals surface area contributed by atoms with Crippen molar-refractivity contribution in [2.24, 2.45) is 0 Å². The first-order chi connectivity index (χ1) is 11.1. The topological polar surface area (TPSA) is 78.1 Å². The first-order valence-electron chi connectivity index (χ1n) is 7.77. The van der Waals surface area contributed by atoms with Gasteiger partial charge in [-0.3, -0.25) is 14.5 Å². The summed E-state index contributed by atoms with van der Waals surface area (Å²) < 4.78 is 0. The summed E-state index contributed by atoms with van der Waals surface area (Å²) in [6, 6.07) is 5.82. The van der Waals surface area contributed by atoms with Gasteiger partial charge in [0, 0.05) is 11.4 Å². The molecule has 0 aromatic carbocycles. The molecule has 3 rings (SSSR count). The van der Waals surface area contributed by atoms with Gasteiger partial charge in [-0.05, 0) is 50.4 Å². The second kappa shape index (κ2) is 7.06. The van der Waals surface area contributed by atoms with Crippen molar-refractivity contribution in [1.29, 1.82) is 0 Å². The van der Waals surface area contributed by atoms with E-state index in [4.69, 9.17) is 0 Å². The van der Waals surface area contributed by atoms with E-state index in [9.17, 15) is 9.59 Å². The molecule has 6 nitrogen and oxygen atoms in total. The second-order valence-corrected chi connectivity index (χ2v) is 6.72. The Labute approximate surface area is 138 Å². The number of amides is 1. The number of carbonyl (C=O) groups is 1. The number of aryl methyl sites for hydroxylation is 1. The number of nitrogens with one attached hydrogen (secondary N) is 2. The zero-order valence-corrected chi connectivity index (χ0v) is 13.9. The first-order valence-corrected chi connectivity index (χ1v) is 8.65. The Morgan fingerprint density at radius 2 is 2.26 bits per heavy atom. The van der Waals surface area contributed by atoms with Crippen molar-refractivity contribution in [3.05, 3.63) is 50.1 Å². The molecular weight excluding hydrogens is 312 g/mol. The quantitative estimate of drug-likeness (QED) is 0.874. The van der Waals surface area contributed by atoms with Gasteiger partial charge in [-0.1, -0.05) is 6.07 Å². The van der Waals surface area contributed by atoms with Crippen molar-refractivity contribution < 1.29 is 4.79 Å². The van der Waals surface area contributed by atoms with Crippen molar-refractivity contribution >= 4 is 17.2 Å². The normalized spacial score (nSPS) is 16.4. The molecule has 122 valence electrons. The monoisotopic (exact) mass is 332 g/mol. The molecule has 23 heavy (non-hydrogen) atoms. The minimum absolute atomic E-state index is 0.115. The highest BCUT2D eigenvalue weighted by atomic mass is 32.1. The summed E-state index contributed by atoms with van der Waals surface area (Å²) in [5.41, 5.74) is 0.273. The predicted molar refractivity (Wildman–Crippen MR) is 89.8 cm³/mol. The number of aromatic amines is 1. The fourth-order valence-corrected chi connectivity index (χ4v) is 3.76. The predicted octanol–water partition coefficient (Wildman–Crippen LogP) is 1.71. The van der Waals surface area contributed by atoms with E-state index in [1.807, 2.05) is 6.07 Å². The molecule has 1 fully saturated rings. The Hall–Kier alpha value is -1.99. The molecule has 1 saturated heterocycles. The third-order valence-electron chi connectivity index (χ3n) is 4.09. The summed E-state index contributed by atoms with van der Waals surface area (Å²) >= 11 is 1.70. The molecular formula is C16H20N4O2S. The van der Waals surface area contributed by atoms with Gasteiger partial charge in [-0.15, -0.1) is 11.3 Å². The number of likely N-dealkylation sites (tertiary alicyclic amines) is 1. The number of aromatic nitrogens is 2. The van der Waals surface area contributed by atoms with Crippen molar-refractivity contribution in [1.82, 2.24) is 20.4 Å². The average Bonchev–Trinajstić information content (AvgIpc) is 3.23. The number of nitrogens with zero attached hydrogens (tertiary/aromatic N) is 2. The summed E-state index contributed by atoms with van der Waals surface area (Å²) in [6.45, 7) is 4.34. The van der Waals surface area contributed by atoms with E-state index >= 15 is 0 Å². The molecule has 0 bridgehead atoms. The lowest BCUT2D eigenvalue weighted by Crippen LogP contribution is -2.38. The third-order valence-corrected chi connectivity index (χ3v) is 5.06. The van der Waals surface area contributed by atoms with Gasteiger partial charge in [0.15, 0.2) is 0 Å². The molecule has 1 atom stereocenters. The maximum Gasteiger partial charge on any atom is 0.277 e. The van der Waals surface area contributed by atoms with Crippen LogP contribution in [-0.4, -0.2) is 40.6 Å². The van der Waals surface area contributed by atoms with Gasteiger partial charge in [0.25, 0.3) is 11.5 Å². The number of hydrogen-bond donors (Lipinski definition) is 2. The lowest BCUT2D eigenvalue weighted by molar-refractivity contribution is 0.0936. The number of H-pyrrole nitrogens is 1. The van der Waals surface area contributed by atoms with Gasteiger partial charge >= 0.3 is 0 Å². The highest BCUT2D eigenvalue weighted by Crippen LogP contribution is 2.27. The van der Waals surface area contributed by atoms with E-state index in [1.54, 1.807) is 18.3 Å². The van der Waals surface area contributed by atoms with Gasteiger partial charge < -0.3 is 5.32 Å². The van der Waals surface area contributed by atoms with Crippen LogP contribution in [0.15, 0.2) is 28.4 Å². The molecule has 1 aliphatic rings. The highest BCUT2D eigenvalue weighted by molar-refractivity contribution is 7.10. The van der Waals surface area contributed by atoms with Gasteiger partial charge in [0.05, 0.1) is 11.7 Å². The van der Waals surface area contributed by atoms with Crippen molar-refractivity contribution in [2.45, 2.75) is 25.8 Å². The molecule has 0 spiro atoms. The van der Waals surface area contributed by atoms with Crippen LogP contribution < -0.4 is 10.9 Å².